The SMILES string of the molecule is c1ccc(-n2ccc3c4ccc5c(c4ccc32)c2ccccc2n5-c2ccc(-n3c4ccccc4c4ccccc43)cc2)cc1. The fraction of sp³-hybridized carbons (Fsp3) is 0. The molecule has 45 heavy (non-hydrogen) atoms. The monoisotopic (exact) mass is 573 g/mol. The molecule has 0 aliphatic heterocycles. The Hall–Kier alpha value is -6.06. The minimum absolute atomic E-state index is 1.15. The third-order valence-electron chi connectivity index (χ3n) is 9.48. The van der Waals surface area contributed by atoms with Crippen LogP contribution in [0.4, 0.5) is 0 Å². The van der Waals surface area contributed by atoms with Crippen molar-refractivity contribution >= 4 is 65.3 Å². The predicted octanol–water partition coefficient (Wildman–Crippen LogP) is 11.0. The lowest BCUT2D eigenvalue weighted by atomic mass is 10.0. The van der Waals surface area contributed by atoms with E-state index in [2.05, 4.69) is 178 Å². The molecule has 3 nitrogen and oxygen atoms in total. The van der Waals surface area contributed by atoms with Gasteiger partial charge in [0, 0.05) is 50.2 Å². The van der Waals surface area contributed by atoms with Gasteiger partial charge in [0.05, 0.1) is 27.6 Å². The van der Waals surface area contributed by atoms with Crippen LogP contribution < -0.4 is 0 Å². The Morgan fingerprint density at radius 1 is 0.267 bits per heavy atom. The van der Waals surface area contributed by atoms with E-state index >= 15 is 0 Å². The molecular formula is C42H27N3. The first kappa shape index (κ1) is 24.4. The number of para-hydroxylation sites is 4. The molecule has 0 fully saturated rings. The van der Waals surface area contributed by atoms with Gasteiger partial charge in [-0.3, -0.25) is 0 Å². The summed E-state index contributed by atoms with van der Waals surface area (Å²) in [5, 5.41) is 8.95. The Bertz CT molecular complexity index is 2690. The van der Waals surface area contributed by atoms with Crippen LogP contribution in [0.25, 0.3) is 82.3 Å². The summed E-state index contributed by atoms with van der Waals surface area (Å²) in [6.07, 6.45) is 2.19. The second-order valence-corrected chi connectivity index (χ2v) is 11.8. The van der Waals surface area contributed by atoms with Gasteiger partial charge in [0.15, 0.2) is 0 Å². The highest BCUT2D eigenvalue weighted by molar-refractivity contribution is 6.25. The molecule has 0 radical (unpaired) electrons. The molecule has 0 spiro atoms. The molecule has 0 N–H and O–H groups in total. The van der Waals surface area contributed by atoms with Crippen LogP contribution >= 0.6 is 0 Å². The molecule has 0 bridgehead atoms. The molecule has 0 unspecified atom stereocenters. The zero-order chi connectivity index (χ0) is 29.5. The molecular weight excluding hydrogens is 546 g/mol. The molecule has 10 rings (SSSR count). The molecule has 3 heterocycles. The molecule has 10 aromatic rings. The lowest BCUT2D eigenvalue weighted by Crippen LogP contribution is -1.97. The van der Waals surface area contributed by atoms with Crippen molar-refractivity contribution < 1.29 is 0 Å². The van der Waals surface area contributed by atoms with E-state index < -0.39 is 0 Å². The molecule has 3 heteroatoms. The van der Waals surface area contributed by atoms with Crippen molar-refractivity contribution in [3.8, 4) is 17.1 Å². The summed E-state index contributed by atoms with van der Waals surface area (Å²) in [5.74, 6) is 0. The average Bonchev–Trinajstić information content (AvgIpc) is 3.79. The topological polar surface area (TPSA) is 14.8 Å². The number of aromatic nitrogens is 3. The van der Waals surface area contributed by atoms with E-state index in [1.165, 1.54) is 71.0 Å². The van der Waals surface area contributed by atoms with E-state index in [4.69, 9.17) is 0 Å². The predicted molar refractivity (Wildman–Crippen MR) is 189 cm³/mol. The van der Waals surface area contributed by atoms with E-state index in [9.17, 15) is 0 Å². The summed E-state index contributed by atoms with van der Waals surface area (Å²) in [4.78, 5) is 0. The normalized spacial score (nSPS) is 12.0. The van der Waals surface area contributed by atoms with Gasteiger partial charge in [0.25, 0.3) is 0 Å². The number of hydrogen-bond donors (Lipinski definition) is 0. The van der Waals surface area contributed by atoms with E-state index in [-0.39, 0.29) is 0 Å². The Morgan fingerprint density at radius 3 is 1.42 bits per heavy atom. The van der Waals surface area contributed by atoms with Gasteiger partial charge in [0.2, 0.25) is 0 Å². The Kier molecular flexibility index (Phi) is 5.00. The van der Waals surface area contributed by atoms with Crippen LogP contribution in [-0.4, -0.2) is 13.7 Å². The zero-order valence-electron chi connectivity index (χ0n) is 24.4. The van der Waals surface area contributed by atoms with Gasteiger partial charge in [-0.25, -0.2) is 0 Å². The summed E-state index contributed by atoms with van der Waals surface area (Å²) in [5.41, 5.74) is 9.59. The first-order valence-corrected chi connectivity index (χ1v) is 15.5. The van der Waals surface area contributed by atoms with Gasteiger partial charge in [-0.05, 0) is 83.6 Å². The summed E-state index contributed by atoms with van der Waals surface area (Å²) in [6, 6.07) is 57.2. The van der Waals surface area contributed by atoms with Gasteiger partial charge < -0.3 is 13.7 Å². The first-order valence-electron chi connectivity index (χ1n) is 15.5. The fourth-order valence-electron chi connectivity index (χ4n) is 7.54. The maximum atomic E-state index is 2.42. The zero-order valence-corrected chi connectivity index (χ0v) is 24.4. The number of hydrogen-bond acceptors (Lipinski definition) is 0. The first-order chi connectivity index (χ1) is 22.3. The average molecular weight is 574 g/mol. The van der Waals surface area contributed by atoms with Crippen molar-refractivity contribution in [1.82, 2.24) is 13.7 Å². The third kappa shape index (κ3) is 3.41. The molecule has 210 valence electrons. The van der Waals surface area contributed by atoms with Crippen LogP contribution in [-0.2, 0) is 0 Å². The smallest absolute Gasteiger partial charge is 0.0547 e. The van der Waals surface area contributed by atoms with Crippen LogP contribution in [0.2, 0.25) is 0 Å². The van der Waals surface area contributed by atoms with Crippen molar-refractivity contribution in [2.24, 2.45) is 0 Å². The van der Waals surface area contributed by atoms with E-state index in [1.54, 1.807) is 0 Å². The molecule has 0 atom stereocenters. The van der Waals surface area contributed by atoms with E-state index in [0.717, 1.165) is 11.4 Å². The highest BCUT2D eigenvalue weighted by Gasteiger charge is 2.17. The van der Waals surface area contributed by atoms with Crippen LogP contribution in [0.15, 0.2) is 164 Å². The minimum Gasteiger partial charge on any atom is -0.317 e. The van der Waals surface area contributed by atoms with E-state index in [1.807, 2.05) is 0 Å². The summed E-state index contributed by atoms with van der Waals surface area (Å²) < 4.78 is 7.07. The van der Waals surface area contributed by atoms with Gasteiger partial charge in [-0.2, -0.15) is 0 Å². The molecule has 3 aromatic heterocycles. The van der Waals surface area contributed by atoms with Crippen LogP contribution in [0.5, 0.6) is 0 Å². The van der Waals surface area contributed by atoms with Crippen molar-refractivity contribution in [2.75, 3.05) is 0 Å². The lowest BCUT2D eigenvalue weighted by molar-refractivity contribution is 1.13. The largest absolute Gasteiger partial charge is 0.317 e. The molecule has 0 saturated carbocycles. The second-order valence-electron chi connectivity index (χ2n) is 11.8. The van der Waals surface area contributed by atoms with Crippen molar-refractivity contribution in [1.29, 1.82) is 0 Å². The maximum Gasteiger partial charge on any atom is 0.0547 e. The molecule has 0 saturated heterocycles. The highest BCUT2D eigenvalue weighted by atomic mass is 15.0. The summed E-state index contributed by atoms with van der Waals surface area (Å²) >= 11 is 0. The Labute approximate surface area is 259 Å². The molecule has 7 aromatic carbocycles. The number of benzene rings is 7. The third-order valence-corrected chi connectivity index (χ3v) is 9.48. The van der Waals surface area contributed by atoms with Gasteiger partial charge >= 0.3 is 0 Å². The summed E-state index contributed by atoms with van der Waals surface area (Å²) in [6.45, 7) is 0. The van der Waals surface area contributed by atoms with E-state index in [0.29, 0.717) is 0 Å². The highest BCUT2D eigenvalue weighted by Crippen LogP contribution is 2.40. The van der Waals surface area contributed by atoms with Crippen LogP contribution in [0.3, 0.4) is 0 Å². The van der Waals surface area contributed by atoms with Crippen LogP contribution in [0, 0.1) is 0 Å². The maximum absolute atomic E-state index is 2.42. The minimum atomic E-state index is 1.15. The Morgan fingerprint density at radius 2 is 0.756 bits per heavy atom. The standard InChI is InChI=1S/C42H27N3/c1-2-10-28(11-3-1)43-27-26-34-31-22-25-41-42(35(31)23-24-37(34)43)36-14-6-9-17-40(36)45(41)30-20-18-29(19-21-30)44-38-15-7-4-12-32(38)33-13-5-8-16-39(33)44/h1-27H. The molecule has 0 aliphatic rings. The van der Waals surface area contributed by atoms with Gasteiger partial charge in [-0.15, -0.1) is 0 Å². The molecule has 0 aliphatic carbocycles. The summed E-state index contributed by atoms with van der Waals surface area (Å²) in [7, 11) is 0. The number of fused-ring (bicyclic) bond motifs is 10. The molecule has 0 amide bonds. The van der Waals surface area contributed by atoms with Crippen molar-refractivity contribution in [2.45, 2.75) is 0 Å². The Balaban J connectivity index is 1.18. The second kappa shape index (κ2) is 9.22. The van der Waals surface area contributed by atoms with Crippen LogP contribution in [0.1, 0.15) is 0 Å². The number of nitrogens with zero attached hydrogens (tertiary/aromatic N) is 3. The van der Waals surface area contributed by atoms with Gasteiger partial charge in [0.1, 0.15) is 0 Å². The quantitative estimate of drug-likeness (QED) is 0.200. The van der Waals surface area contributed by atoms with Crippen molar-refractivity contribution in [3.63, 3.8) is 0 Å². The fourth-order valence-corrected chi connectivity index (χ4v) is 7.54. The lowest BCUT2D eigenvalue weighted by Gasteiger charge is -2.12. The number of rotatable bonds is 3. The van der Waals surface area contributed by atoms with Crippen molar-refractivity contribution in [3.05, 3.63) is 164 Å². The van der Waals surface area contributed by atoms with Gasteiger partial charge in [-0.1, -0.05) is 84.9 Å².